The van der Waals surface area contributed by atoms with Gasteiger partial charge in [0.05, 0.1) is 25.7 Å². The van der Waals surface area contributed by atoms with Crippen molar-refractivity contribution in [1.29, 1.82) is 0 Å². The Balaban J connectivity index is 1.48. The molecule has 7 heteroatoms. The fourth-order valence-corrected chi connectivity index (χ4v) is 3.91. The van der Waals surface area contributed by atoms with E-state index in [4.69, 9.17) is 14.2 Å². The first kappa shape index (κ1) is 21.6. The molecule has 3 rings (SSSR count). The van der Waals surface area contributed by atoms with Gasteiger partial charge in [-0.1, -0.05) is 12.8 Å². The summed E-state index contributed by atoms with van der Waals surface area (Å²) in [5.74, 6) is 0.125. The summed E-state index contributed by atoms with van der Waals surface area (Å²) in [6.07, 6.45) is 3.57. The van der Waals surface area contributed by atoms with Crippen molar-refractivity contribution in [2.75, 3.05) is 46.1 Å². The van der Waals surface area contributed by atoms with E-state index < -0.39 is 0 Å². The molecule has 7 nitrogen and oxygen atoms in total. The molecule has 0 bridgehead atoms. The zero-order valence-corrected chi connectivity index (χ0v) is 17.2. The fourth-order valence-electron chi connectivity index (χ4n) is 3.91. The van der Waals surface area contributed by atoms with Crippen molar-refractivity contribution < 1.29 is 23.8 Å². The van der Waals surface area contributed by atoms with Gasteiger partial charge in [-0.25, -0.2) is 0 Å². The van der Waals surface area contributed by atoms with Crippen molar-refractivity contribution in [2.24, 2.45) is 5.92 Å². The lowest BCUT2D eigenvalue weighted by Crippen LogP contribution is -2.45. The van der Waals surface area contributed by atoms with E-state index in [1.165, 1.54) is 0 Å². The molecule has 2 atom stereocenters. The first-order chi connectivity index (χ1) is 14.2. The fraction of sp³-hybridized carbons (Fsp3) is 0.636. The van der Waals surface area contributed by atoms with Gasteiger partial charge in [-0.2, -0.15) is 0 Å². The maximum Gasteiger partial charge on any atom is 0.311 e. The summed E-state index contributed by atoms with van der Waals surface area (Å²) in [6, 6.07) is 7.00. The van der Waals surface area contributed by atoms with Gasteiger partial charge in [-0.05, 0) is 44.0 Å². The van der Waals surface area contributed by atoms with E-state index in [0.29, 0.717) is 18.8 Å². The molecule has 0 radical (unpaired) electrons. The predicted octanol–water partition coefficient (Wildman–Crippen LogP) is 2.25. The third-order valence-electron chi connectivity index (χ3n) is 5.57. The molecule has 29 heavy (non-hydrogen) atoms. The Labute approximate surface area is 172 Å². The van der Waals surface area contributed by atoms with E-state index in [0.717, 1.165) is 64.3 Å². The first-order valence-electron chi connectivity index (χ1n) is 10.7. The van der Waals surface area contributed by atoms with Crippen LogP contribution in [0.3, 0.4) is 0 Å². The van der Waals surface area contributed by atoms with Crippen molar-refractivity contribution in [3.05, 3.63) is 29.8 Å². The van der Waals surface area contributed by atoms with Crippen LogP contribution in [0, 0.1) is 5.92 Å². The van der Waals surface area contributed by atoms with Crippen LogP contribution in [0.15, 0.2) is 24.3 Å². The van der Waals surface area contributed by atoms with Crippen LogP contribution < -0.4 is 10.1 Å². The Morgan fingerprint density at radius 3 is 2.59 bits per heavy atom. The van der Waals surface area contributed by atoms with Crippen molar-refractivity contribution in [2.45, 2.75) is 38.6 Å². The third-order valence-corrected chi connectivity index (χ3v) is 5.57. The van der Waals surface area contributed by atoms with Crippen LogP contribution in [0.2, 0.25) is 0 Å². The van der Waals surface area contributed by atoms with Crippen LogP contribution in [0.1, 0.15) is 43.0 Å². The quantitative estimate of drug-likeness (QED) is 0.670. The molecule has 0 aromatic heterocycles. The van der Waals surface area contributed by atoms with Crippen LogP contribution in [-0.2, 0) is 14.3 Å². The third kappa shape index (κ3) is 6.44. The van der Waals surface area contributed by atoms with Crippen LogP contribution in [0.25, 0.3) is 0 Å². The van der Waals surface area contributed by atoms with Crippen LogP contribution >= 0.6 is 0 Å². The van der Waals surface area contributed by atoms with Gasteiger partial charge in [0.15, 0.2) is 0 Å². The van der Waals surface area contributed by atoms with Crippen molar-refractivity contribution >= 4 is 11.9 Å². The topological polar surface area (TPSA) is 77.1 Å². The number of carbonyl (C=O) groups excluding carboxylic acids is 2. The molecule has 0 spiro atoms. The van der Waals surface area contributed by atoms with Gasteiger partial charge in [0.2, 0.25) is 0 Å². The van der Waals surface area contributed by atoms with Gasteiger partial charge in [0.25, 0.3) is 5.91 Å². The van der Waals surface area contributed by atoms with Crippen LogP contribution in [0.5, 0.6) is 5.75 Å². The molecule has 1 aromatic rings. The summed E-state index contributed by atoms with van der Waals surface area (Å²) in [6.45, 7) is 7.08. The minimum absolute atomic E-state index is 0.161. The van der Waals surface area contributed by atoms with Gasteiger partial charge in [-0.15, -0.1) is 0 Å². The highest BCUT2D eigenvalue weighted by Gasteiger charge is 2.33. The van der Waals surface area contributed by atoms with Crippen molar-refractivity contribution in [1.82, 2.24) is 10.2 Å². The summed E-state index contributed by atoms with van der Waals surface area (Å²) < 4.78 is 16.3. The molecule has 2 fully saturated rings. The van der Waals surface area contributed by atoms with E-state index in [2.05, 4.69) is 10.2 Å². The van der Waals surface area contributed by atoms with Gasteiger partial charge in [-0.3, -0.25) is 14.5 Å². The number of ether oxygens (including phenoxy) is 3. The van der Waals surface area contributed by atoms with E-state index in [1.807, 2.05) is 12.1 Å². The molecule has 1 heterocycles. The van der Waals surface area contributed by atoms with Crippen LogP contribution in [0.4, 0.5) is 0 Å². The second-order valence-corrected chi connectivity index (χ2v) is 7.55. The zero-order chi connectivity index (χ0) is 20.5. The maximum absolute atomic E-state index is 12.6. The number of esters is 1. The highest BCUT2D eigenvalue weighted by atomic mass is 16.5. The molecule has 1 saturated carbocycles. The SMILES string of the molecule is CCOC(=O)[C@@H]1CCCC[C@@H]1NC(=O)c1ccc(OCCN2CCOCC2)cc1. The summed E-state index contributed by atoms with van der Waals surface area (Å²) in [5, 5.41) is 3.03. The maximum atomic E-state index is 12.6. The van der Waals surface area contributed by atoms with Crippen molar-refractivity contribution in [3.63, 3.8) is 0 Å². The van der Waals surface area contributed by atoms with E-state index in [-0.39, 0.29) is 23.8 Å². The van der Waals surface area contributed by atoms with Gasteiger partial charge in [0, 0.05) is 31.2 Å². The monoisotopic (exact) mass is 404 g/mol. The zero-order valence-electron chi connectivity index (χ0n) is 17.2. The van der Waals surface area contributed by atoms with E-state index in [1.54, 1.807) is 19.1 Å². The number of benzene rings is 1. The molecular weight excluding hydrogens is 372 g/mol. The Kier molecular flexibility index (Phi) is 8.31. The minimum atomic E-state index is -0.254. The smallest absolute Gasteiger partial charge is 0.311 e. The number of nitrogens with one attached hydrogen (secondary N) is 1. The summed E-state index contributed by atoms with van der Waals surface area (Å²) in [5.41, 5.74) is 0.568. The van der Waals surface area contributed by atoms with E-state index in [9.17, 15) is 9.59 Å². The highest BCUT2D eigenvalue weighted by Crippen LogP contribution is 2.26. The predicted molar refractivity (Wildman–Crippen MR) is 109 cm³/mol. The Morgan fingerprint density at radius 2 is 1.86 bits per heavy atom. The summed E-state index contributed by atoms with van der Waals surface area (Å²) in [4.78, 5) is 27.1. The summed E-state index contributed by atoms with van der Waals surface area (Å²) in [7, 11) is 0. The molecule has 1 N–H and O–H groups in total. The lowest BCUT2D eigenvalue weighted by Gasteiger charge is -2.30. The largest absolute Gasteiger partial charge is 0.492 e. The number of morpholine rings is 1. The summed E-state index contributed by atoms with van der Waals surface area (Å²) >= 11 is 0. The van der Waals surface area contributed by atoms with Crippen LogP contribution in [-0.4, -0.2) is 68.9 Å². The minimum Gasteiger partial charge on any atom is -0.492 e. The average Bonchev–Trinajstić information content (AvgIpc) is 2.75. The molecular formula is C22H32N2O5. The number of hydrogen-bond donors (Lipinski definition) is 1. The molecule has 1 amide bonds. The Bertz CT molecular complexity index is 658. The lowest BCUT2D eigenvalue weighted by molar-refractivity contribution is -0.150. The number of rotatable bonds is 8. The van der Waals surface area contributed by atoms with Gasteiger partial charge in [0.1, 0.15) is 12.4 Å². The number of carbonyl (C=O) groups is 2. The normalized spacial score (nSPS) is 22.7. The second kappa shape index (κ2) is 11.2. The van der Waals surface area contributed by atoms with Gasteiger partial charge < -0.3 is 19.5 Å². The molecule has 0 unspecified atom stereocenters. The van der Waals surface area contributed by atoms with E-state index >= 15 is 0 Å². The number of nitrogens with zero attached hydrogens (tertiary/aromatic N) is 1. The standard InChI is InChI=1S/C22H32N2O5/c1-2-28-22(26)19-5-3-4-6-20(19)23-21(25)17-7-9-18(10-8-17)29-16-13-24-11-14-27-15-12-24/h7-10,19-20H,2-6,11-16H2,1H3,(H,23,25)/t19-,20+/m1/s1. The molecule has 2 aliphatic rings. The second-order valence-electron chi connectivity index (χ2n) is 7.55. The highest BCUT2D eigenvalue weighted by molar-refractivity contribution is 5.94. The molecule has 160 valence electrons. The Morgan fingerprint density at radius 1 is 1.14 bits per heavy atom. The number of amides is 1. The Hall–Kier alpha value is -2.12. The average molecular weight is 405 g/mol. The molecule has 1 saturated heterocycles. The van der Waals surface area contributed by atoms with Crippen molar-refractivity contribution in [3.8, 4) is 5.75 Å². The molecule has 1 aliphatic carbocycles. The lowest BCUT2D eigenvalue weighted by atomic mass is 9.84. The molecule has 1 aromatic carbocycles. The first-order valence-corrected chi connectivity index (χ1v) is 10.7. The van der Waals surface area contributed by atoms with Gasteiger partial charge >= 0.3 is 5.97 Å². The number of hydrogen-bond acceptors (Lipinski definition) is 6. The molecule has 1 aliphatic heterocycles.